The first-order valence-electron chi connectivity index (χ1n) is 5.62. The van der Waals surface area contributed by atoms with Crippen molar-refractivity contribution in [1.29, 1.82) is 0 Å². The normalized spacial score (nSPS) is 11.5. The predicted molar refractivity (Wildman–Crippen MR) is 73.7 cm³/mol. The summed E-state index contributed by atoms with van der Waals surface area (Å²) in [5, 5.41) is 0.164. The van der Waals surface area contributed by atoms with Crippen molar-refractivity contribution in [2.45, 2.75) is 11.3 Å². The Morgan fingerprint density at radius 2 is 1.90 bits per heavy atom. The zero-order valence-electron chi connectivity index (χ0n) is 10.6. The van der Waals surface area contributed by atoms with E-state index in [1.165, 1.54) is 23.9 Å². The molecule has 2 aromatic rings. The highest BCUT2D eigenvalue weighted by atomic mass is 35.5. The molecule has 0 saturated carbocycles. The first kappa shape index (κ1) is 15.8. The van der Waals surface area contributed by atoms with Crippen LogP contribution in [0.25, 0.3) is 0 Å². The topological polar surface area (TPSA) is 42.9 Å². The minimum Gasteiger partial charge on any atom is -0.288 e. The Hall–Kier alpha value is -1.60. The molecular weight excluding hydrogens is 325 g/mol. The van der Waals surface area contributed by atoms with Crippen molar-refractivity contribution in [1.82, 2.24) is 9.97 Å². The average Bonchev–Trinajstić information content (AvgIpc) is 2.45. The van der Waals surface area contributed by atoms with E-state index in [-0.39, 0.29) is 10.7 Å². The summed E-state index contributed by atoms with van der Waals surface area (Å²) < 4.78 is 38.8. The zero-order valence-corrected chi connectivity index (χ0v) is 12.2. The standard InChI is InChI=1S/C13H8ClF3N2OS/c1-21-12-18-6-8(11(14)19-12)10(20)7-4-2-3-5-9(7)13(15,16)17/h2-6H,1H3. The number of nitrogens with zero attached hydrogens (tertiary/aromatic N) is 2. The van der Waals surface area contributed by atoms with Gasteiger partial charge in [-0.3, -0.25) is 4.79 Å². The fraction of sp³-hybridized carbons (Fsp3) is 0.154. The van der Waals surface area contributed by atoms with E-state index in [9.17, 15) is 18.0 Å². The van der Waals surface area contributed by atoms with E-state index < -0.39 is 23.1 Å². The van der Waals surface area contributed by atoms with Gasteiger partial charge < -0.3 is 0 Å². The number of carbonyl (C=O) groups excluding carboxylic acids is 1. The molecule has 3 nitrogen and oxygen atoms in total. The van der Waals surface area contributed by atoms with Crippen LogP contribution >= 0.6 is 23.4 Å². The lowest BCUT2D eigenvalue weighted by atomic mass is 10.00. The molecule has 1 aromatic heterocycles. The highest BCUT2D eigenvalue weighted by Gasteiger charge is 2.35. The maximum atomic E-state index is 12.9. The number of alkyl halides is 3. The summed E-state index contributed by atoms with van der Waals surface area (Å²) in [6, 6.07) is 4.52. The molecule has 0 aliphatic rings. The Kier molecular flexibility index (Phi) is 4.53. The smallest absolute Gasteiger partial charge is 0.288 e. The van der Waals surface area contributed by atoms with Crippen molar-refractivity contribution in [2.75, 3.05) is 6.26 Å². The van der Waals surface area contributed by atoms with Gasteiger partial charge in [0, 0.05) is 11.8 Å². The number of aromatic nitrogens is 2. The second-order valence-electron chi connectivity index (χ2n) is 3.93. The Morgan fingerprint density at radius 3 is 2.48 bits per heavy atom. The van der Waals surface area contributed by atoms with Gasteiger partial charge in [-0.1, -0.05) is 41.6 Å². The SMILES string of the molecule is CSc1ncc(C(=O)c2ccccc2C(F)(F)F)c(Cl)n1. The molecule has 0 bridgehead atoms. The monoisotopic (exact) mass is 332 g/mol. The number of rotatable bonds is 3. The number of hydrogen-bond acceptors (Lipinski definition) is 4. The number of thioether (sulfide) groups is 1. The van der Waals surface area contributed by atoms with Crippen LogP contribution in [0.15, 0.2) is 35.6 Å². The Morgan fingerprint density at radius 1 is 1.24 bits per heavy atom. The lowest BCUT2D eigenvalue weighted by Crippen LogP contribution is -2.14. The molecule has 110 valence electrons. The predicted octanol–water partition coefficient (Wildman–Crippen LogP) is 4.10. The molecule has 0 aliphatic carbocycles. The number of ketones is 1. The number of halogens is 4. The quantitative estimate of drug-likeness (QED) is 0.367. The van der Waals surface area contributed by atoms with E-state index >= 15 is 0 Å². The third kappa shape index (κ3) is 3.36. The Bertz CT molecular complexity index is 691. The molecule has 0 atom stereocenters. The molecule has 0 radical (unpaired) electrons. The van der Waals surface area contributed by atoms with Gasteiger partial charge in [0.25, 0.3) is 0 Å². The van der Waals surface area contributed by atoms with E-state index in [4.69, 9.17) is 11.6 Å². The molecule has 0 saturated heterocycles. The molecule has 1 heterocycles. The van der Waals surface area contributed by atoms with Crippen molar-refractivity contribution < 1.29 is 18.0 Å². The van der Waals surface area contributed by atoms with E-state index in [2.05, 4.69) is 9.97 Å². The number of benzene rings is 1. The van der Waals surface area contributed by atoms with E-state index in [1.54, 1.807) is 6.26 Å². The summed E-state index contributed by atoms with van der Waals surface area (Å²) in [5.74, 6) is -0.861. The van der Waals surface area contributed by atoms with Gasteiger partial charge in [-0.05, 0) is 12.3 Å². The van der Waals surface area contributed by atoms with Gasteiger partial charge in [-0.25, -0.2) is 9.97 Å². The van der Waals surface area contributed by atoms with Crippen LogP contribution < -0.4 is 0 Å². The molecule has 1 aromatic carbocycles. The van der Waals surface area contributed by atoms with Crippen molar-refractivity contribution in [2.24, 2.45) is 0 Å². The van der Waals surface area contributed by atoms with Gasteiger partial charge in [-0.15, -0.1) is 0 Å². The van der Waals surface area contributed by atoms with Crippen LogP contribution in [0.5, 0.6) is 0 Å². The Balaban J connectivity index is 2.51. The molecule has 21 heavy (non-hydrogen) atoms. The lowest BCUT2D eigenvalue weighted by Gasteiger charge is -2.12. The third-order valence-corrected chi connectivity index (χ3v) is 3.47. The number of hydrogen-bond donors (Lipinski definition) is 0. The fourth-order valence-corrected chi connectivity index (χ4v) is 2.28. The van der Waals surface area contributed by atoms with E-state index in [0.717, 1.165) is 18.3 Å². The van der Waals surface area contributed by atoms with Crippen molar-refractivity contribution in [3.05, 3.63) is 52.3 Å². The van der Waals surface area contributed by atoms with Crippen molar-refractivity contribution >= 4 is 29.1 Å². The average molecular weight is 333 g/mol. The number of carbonyl (C=O) groups is 1. The minimum absolute atomic E-state index is 0.161. The zero-order chi connectivity index (χ0) is 15.6. The summed E-state index contributed by atoms with van der Waals surface area (Å²) in [4.78, 5) is 20.0. The summed E-state index contributed by atoms with van der Waals surface area (Å²) in [5.41, 5.74) is -1.65. The minimum atomic E-state index is -4.63. The first-order chi connectivity index (χ1) is 9.84. The molecule has 0 N–H and O–H groups in total. The summed E-state index contributed by atoms with van der Waals surface area (Å²) in [6.45, 7) is 0. The van der Waals surface area contributed by atoms with Crippen LogP contribution in [0.2, 0.25) is 5.15 Å². The van der Waals surface area contributed by atoms with Gasteiger partial charge in [0.1, 0.15) is 5.15 Å². The van der Waals surface area contributed by atoms with Crippen LogP contribution in [0, 0.1) is 0 Å². The fourth-order valence-electron chi connectivity index (χ4n) is 1.67. The van der Waals surface area contributed by atoms with Gasteiger partial charge in [0.15, 0.2) is 10.9 Å². The molecule has 8 heteroatoms. The molecule has 0 unspecified atom stereocenters. The van der Waals surface area contributed by atoms with Crippen molar-refractivity contribution in [3.63, 3.8) is 0 Å². The van der Waals surface area contributed by atoms with E-state index in [1.807, 2.05) is 0 Å². The highest BCUT2D eigenvalue weighted by Crippen LogP contribution is 2.33. The molecule has 0 amide bonds. The van der Waals surface area contributed by atoms with Crippen LogP contribution in [0.1, 0.15) is 21.5 Å². The van der Waals surface area contributed by atoms with Crippen LogP contribution in [-0.2, 0) is 6.18 Å². The summed E-state index contributed by atoms with van der Waals surface area (Å²) in [7, 11) is 0. The van der Waals surface area contributed by atoms with Gasteiger partial charge in [0.2, 0.25) is 0 Å². The van der Waals surface area contributed by atoms with Crippen LogP contribution in [0.3, 0.4) is 0 Å². The molecule has 0 spiro atoms. The van der Waals surface area contributed by atoms with Crippen LogP contribution in [0.4, 0.5) is 13.2 Å². The van der Waals surface area contributed by atoms with Crippen LogP contribution in [-0.4, -0.2) is 22.0 Å². The van der Waals surface area contributed by atoms with Gasteiger partial charge in [-0.2, -0.15) is 13.2 Å². The molecule has 0 aliphatic heterocycles. The van der Waals surface area contributed by atoms with Crippen molar-refractivity contribution in [3.8, 4) is 0 Å². The maximum absolute atomic E-state index is 12.9. The second-order valence-corrected chi connectivity index (χ2v) is 5.07. The molecule has 2 rings (SSSR count). The van der Waals surface area contributed by atoms with E-state index in [0.29, 0.717) is 5.16 Å². The van der Waals surface area contributed by atoms with Gasteiger partial charge in [0.05, 0.1) is 11.1 Å². The summed E-state index contributed by atoms with van der Waals surface area (Å²) in [6.07, 6.45) is -1.78. The molecular formula is C13H8ClF3N2OS. The Labute approximate surface area is 127 Å². The molecule has 0 fully saturated rings. The highest BCUT2D eigenvalue weighted by molar-refractivity contribution is 7.98. The second kappa shape index (κ2) is 6.03. The third-order valence-electron chi connectivity index (χ3n) is 2.62. The maximum Gasteiger partial charge on any atom is 0.417 e. The summed E-state index contributed by atoms with van der Waals surface area (Å²) >= 11 is 7.06. The largest absolute Gasteiger partial charge is 0.417 e. The first-order valence-corrected chi connectivity index (χ1v) is 7.22. The lowest BCUT2D eigenvalue weighted by molar-refractivity contribution is -0.137. The van der Waals surface area contributed by atoms with Gasteiger partial charge >= 0.3 is 6.18 Å².